The number of benzene rings is 2. The maximum atomic E-state index is 13.0. The summed E-state index contributed by atoms with van der Waals surface area (Å²) in [4.78, 5) is 0. The zero-order chi connectivity index (χ0) is 12.0. The van der Waals surface area contributed by atoms with Crippen molar-refractivity contribution in [2.75, 3.05) is 0 Å². The van der Waals surface area contributed by atoms with Crippen molar-refractivity contribution >= 4 is 12.9 Å². The molecule has 0 unspecified atom stereocenters. The molecule has 4 heteroatoms. The maximum Gasteiger partial charge on any atom is 1.00 e. The molecular formula is C13H14FNaOS. The Balaban J connectivity index is 0. The van der Waals surface area contributed by atoms with Gasteiger partial charge in [0.2, 0.25) is 0 Å². The normalized spacial score (nSPS) is 8.71. The van der Waals surface area contributed by atoms with Gasteiger partial charge in [-0.1, -0.05) is 36.4 Å². The van der Waals surface area contributed by atoms with E-state index >= 15 is 0 Å². The molecule has 0 atom stereocenters. The van der Waals surface area contributed by atoms with Crippen LogP contribution in [0.3, 0.4) is 0 Å². The van der Waals surface area contributed by atoms with Crippen LogP contribution in [0.15, 0.2) is 48.5 Å². The van der Waals surface area contributed by atoms with Crippen molar-refractivity contribution in [3.05, 3.63) is 59.9 Å². The minimum absolute atomic E-state index is 0. The van der Waals surface area contributed by atoms with Gasteiger partial charge in [-0.15, -0.1) is 0 Å². The first kappa shape index (κ1) is 16.7. The molecule has 0 heterocycles. The van der Waals surface area contributed by atoms with Crippen LogP contribution in [0.1, 0.15) is 6.99 Å². The molecule has 0 bridgehead atoms. The van der Waals surface area contributed by atoms with Gasteiger partial charge in [-0.25, -0.2) is 4.39 Å². The predicted octanol–water partition coefficient (Wildman–Crippen LogP) is 1.31. The first-order valence-electron chi connectivity index (χ1n) is 4.79. The summed E-state index contributed by atoms with van der Waals surface area (Å²) >= 11 is 2.53. The van der Waals surface area contributed by atoms with E-state index in [9.17, 15) is 4.39 Å². The standard InChI is InChI=1S/C13H11F.Na.H2OS.H/c1-10-7-8-12(14)9-13(10)11-5-3-2-4-6-11;;1-2;/h2-9H,1H3;;1-2H;/q;+1;;-1. The van der Waals surface area contributed by atoms with E-state index in [2.05, 4.69) is 12.9 Å². The van der Waals surface area contributed by atoms with Crippen molar-refractivity contribution in [3.8, 4) is 11.1 Å². The molecule has 1 N–H and O–H groups in total. The molecule has 0 spiro atoms. The summed E-state index contributed by atoms with van der Waals surface area (Å²) in [6.07, 6.45) is 0. The second-order valence-electron chi connectivity index (χ2n) is 3.33. The number of hydrogen-bond acceptors (Lipinski definition) is 2. The predicted molar refractivity (Wildman–Crippen MR) is 69.3 cm³/mol. The Morgan fingerprint density at radius 2 is 1.65 bits per heavy atom. The van der Waals surface area contributed by atoms with Gasteiger partial charge in [-0.05, 0) is 48.7 Å². The van der Waals surface area contributed by atoms with Crippen LogP contribution in [0.25, 0.3) is 11.1 Å². The number of hydrogen-bond donors (Lipinski definition) is 2. The van der Waals surface area contributed by atoms with Crippen molar-refractivity contribution in [2.24, 2.45) is 0 Å². The van der Waals surface area contributed by atoms with Crippen LogP contribution < -0.4 is 29.6 Å². The third-order valence-corrected chi connectivity index (χ3v) is 2.28. The summed E-state index contributed by atoms with van der Waals surface area (Å²) in [5, 5.41) is 0. The molecule has 0 saturated heterocycles. The Bertz CT molecular complexity index is 454. The third kappa shape index (κ3) is 4.82. The molecule has 1 nitrogen and oxygen atoms in total. The zero-order valence-corrected chi connectivity index (χ0v) is 12.8. The summed E-state index contributed by atoms with van der Waals surface area (Å²) in [6.45, 7) is 1.99. The molecule has 0 aliphatic rings. The largest absolute Gasteiger partial charge is 1.00 e. The van der Waals surface area contributed by atoms with Gasteiger partial charge in [0, 0.05) is 0 Å². The van der Waals surface area contributed by atoms with E-state index in [1.165, 1.54) is 6.07 Å². The van der Waals surface area contributed by atoms with Gasteiger partial charge in [0.15, 0.2) is 0 Å². The van der Waals surface area contributed by atoms with E-state index in [4.69, 9.17) is 4.55 Å². The topological polar surface area (TPSA) is 20.2 Å². The van der Waals surface area contributed by atoms with Crippen LogP contribution in [-0.2, 0) is 0 Å². The molecule has 0 aliphatic heterocycles. The van der Waals surface area contributed by atoms with E-state index in [1.54, 1.807) is 12.1 Å². The number of thiol groups is 1. The van der Waals surface area contributed by atoms with Crippen LogP contribution in [0.2, 0.25) is 0 Å². The van der Waals surface area contributed by atoms with E-state index in [0.29, 0.717) is 0 Å². The smallest absolute Gasteiger partial charge is 1.00 e. The van der Waals surface area contributed by atoms with E-state index in [1.807, 2.05) is 37.3 Å². The van der Waals surface area contributed by atoms with Crippen molar-refractivity contribution in [3.63, 3.8) is 0 Å². The van der Waals surface area contributed by atoms with Crippen molar-refractivity contribution in [1.29, 1.82) is 0 Å². The van der Waals surface area contributed by atoms with E-state index in [0.717, 1.165) is 16.7 Å². The summed E-state index contributed by atoms with van der Waals surface area (Å²) < 4.78 is 19.7. The molecule has 0 radical (unpaired) electrons. The second-order valence-corrected chi connectivity index (χ2v) is 3.33. The fourth-order valence-electron chi connectivity index (χ4n) is 1.52. The number of rotatable bonds is 1. The van der Waals surface area contributed by atoms with Gasteiger partial charge < -0.3 is 5.98 Å². The monoisotopic (exact) mass is 260 g/mol. The Morgan fingerprint density at radius 3 is 2.24 bits per heavy atom. The van der Waals surface area contributed by atoms with Gasteiger partial charge in [0.05, 0.1) is 0 Å². The SMILES string of the molecule is Cc1ccc(F)cc1-c1ccccc1.OS.[H-].[Na+]. The molecule has 17 heavy (non-hydrogen) atoms. The molecule has 86 valence electrons. The van der Waals surface area contributed by atoms with Gasteiger partial charge in [-0.2, -0.15) is 0 Å². The first-order chi connectivity index (χ1) is 7.77. The molecule has 0 amide bonds. The summed E-state index contributed by atoms with van der Waals surface area (Å²) in [5.74, 6) is -0.186. The van der Waals surface area contributed by atoms with Gasteiger partial charge in [0.25, 0.3) is 0 Å². The number of halogens is 1. The average Bonchev–Trinajstić information content (AvgIpc) is 2.36. The fourth-order valence-corrected chi connectivity index (χ4v) is 1.52. The molecule has 2 aromatic carbocycles. The molecule has 0 aromatic heterocycles. The van der Waals surface area contributed by atoms with Crippen molar-refractivity contribution < 1.29 is 39.9 Å². The van der Waals surface area contributed by atoms with Crippen molar-refractivity contribution in [1.82, 2.24) is 0 Å². The summed E-state index contributed by atoms with van der Waals surface area (Å²) in [5.41, 5.74) is 3.12. The quantitative estimate of drug-likeness (QED) is 0.450. The van der Waals surface area contributed by atoms with Crippen LogP contribution in [0.4, 0.5) is 4.39 Å². The second kappa shape index (κ2) is 8.72. The average molecular weight is 260 g/mol. The molecule has 2 aromatic rings. The van der Waals surface area contributed by atoms with E-state index in [-0.39, 0.29) is 36.8 Å². The van der Waals surface area contributed by atoms with Crippen LogP contribution in [0.5, 0.6) is 0 Å². The Kier molecular flexibility index (Phi) is 8.56. The minimum Gasteiger partial charge on any atom is -1.00 e. The number of aryl methyl sites for hydroxylation is 1. The van der Waals surface area contributed by atoms with Crippen LogP contribution in [-0.4, -0.2) is 4.55 Å². The molecule has 2 rings (SSSR count). The summed E-state index contributed by atoms with van der Waals surface area (Å²) in [7, 11) is 0. The Labute approximate surface area is 130 Å². The van der Waals surface area contributed by atoms with E-state index < -0.39 is 0 Å². The molecular weight excluding hydrogens is 246 g/mol. The zero-order valence-electron chi connectivity index (χ0n) is 10.9. The van der Waals surface area contributed by atoms with Crippen LogP contribution >= 0.6 is 12.9 Å². The molecule has 0 saturated carbocycles. The third-order valence-electron chi connectivity index (χ3n) is 2.28. The molecule has 0 aliphatic carbocycles. The fraction of sp³-hybridized carbons (Fsp3) is 0.0769. The van der Waals surface area contributed by atoms with Crippen molar-refractivity contribution in [2.45, 2.75) is 6.92 Å². The van der Waals surface area contributed by atoms with Gasteiger partial charge in [-0.3, -0.25) is 0 Å². The Hall–Kier alpha value is -0.320. The summed E-state index contributed by atoms with van der Waals surface area (Å²) in [6, 6.07) is 14.7. The molecule has 0 fully saturated rings. The first-order valence-corrected chi connectivity index (χ1v) is 5.19. The van der Waals surface area contributed by atoms with Gasteiger partial charge >= 0.3 is 29.6 Å². The van der Waals surface area contributed by atoms with Gasteiger partial charge in [0.1, 0.15) is 5.82 Å². The van der Waals surface area contributed by atoms with Crippen LogP contribution in [0, 0.1) is 12.7 Å². The maximum absolute atomic E-state index is 13.0. The minimum atomic E-state index is -0.186. The Morgan fingerprint density at radius 1 is 1.06 bits per heavy atom.